The summed E-state index contributed by atoms with van der Waals surface area (Å²) in [5.74, 6) is 0.619. The van der Waals surface area contributed by atoms with E-state index < -0.39 is 5.97 Å². The number of benzene rings is 3. The number of para-hydroxylation sites is 2. The molecule has 0 aliphatic heterocycles. The minimum absolute atomic E-state index is 0.300. The molecule has 3 rings (SSSR count). The lowest BCUT2D eigenvalue weighted by Gasteiger charge is -2.12. The highest BCUT2D eigenvalue weighted by Gasteiger charge is 2.16. The molecule has 0 aliphatic rings. The number of nitrogens with one attached hydrogen (secondary N) is 2. The van der Waals surface area contributed by atoms with Crippen LogP contribution in [-0.2, 0) is 0 Å². The number of methoxy groups -OCH3 is 1. The zero-order valence-corrected chi connectivity index (χ0v) is 18.5. The molecule has 7 nitrogen and oxygen atoms in total. The zero-order chi connectivity index (χ0) is 22.8. The fourth-order valence-corrected chi connectivity index (χ4v) is 2.94. The van der Waals surface area contributed by atoms with Crippen molar-refractivity contribution in [3.63, 3.8) is 0 Å². The van der Waals surface area contributed by atoms with Crippen LogP contribution in [0.25, 0.3) is 0 Å². The molecule has 2 N–H and O–H groups in total. The van der Waals surface area contributed by atoms with Gasteiger partial charge in [-0.1, -0.05) is 30.3 Å². The topological polar surface area (TPSA) is 81.2 Å². The summed E-state index contributed by atoms with van der Waals surface area (Å²) in [5.41, 5.74) is 4.69. The fraction of sp³-hybridized carbons (Fsp3) is 0.125. The first-order valence-electron chi connectivity index (χ1n) is 9.88. The number of thiocarbonyl (C=S) groups is 1. The zero-order valence-electron chi connectivity index (χ0n) is 17.7. The Morgan fingerprint density at radius 3 is 2.50 bits per heavy atom. The smallest absolute Gasteiger partial charge is 0.347 e. The van der Waals surface area contributed by atoms with Gasteiger partial charge < -0.3 is 19.5 Å². The van der Waals surface area contributed by atoms with Crippen molar-refractivity contribution in [3.05, 3.63) is 83.9 Å². The highest BCUT2D eigenvalue weighted by molar-refractivity contribution is 7.80. The summed E-state index contributed by atoms with van der Waals surface area (Å²) in [7, 11) is 1.50. The maximum atomic E-state index is 12.6. The van der Waals surface area contributed by atoms with Crippen LogP contribution in [0.5, 0.6) is 17.2 Å². The summed E-state index contributed by atoms with van der Waals surface area (Å²) in [4.78, 5) is 12.6. The first kappa shape index (κ1) is 22.8. The van der Waals surface area contributed by atoms with Crippen LogP contribution in [0.3, 0.4) is 0 Å². The third kappa shape index (κ3) is 6.29. The molecule has 0 saturated carbocycles. The molecule has 0 aromatic heterocycles. The Bertz CT molecular complexity index is 1100. The lowest BCUT2D eigenvalue weighted by atomic mass is 10.2. The molecule has 3 aromatic rings. The van der Waals surface area contributed by atoms with E-state index in [4.69, 9.17) is 26.4 Å². The summed E-state index contributed by atoms with van der Waals surface area (Å²) in [6.45, 7) is 2.25. The van der Waals surface area contributed by atoms with E-state index in [-0.39, 0.29) is 0 Å². The van der Waals surface area contributed by atoms with Crippen molar-refractivity contribution in [2.75, 3.05) is 19.0 Å². The molecule has 0 unspecified atom stereocenters. The van der Waals surface area contributed by atoms with Crippen LogP contribution >= 0.6 is 12.2 Å². The molecule has 0 aliphatic carbocycles. The Labute approximate surface area is 192 Å². The number of ether oxygens (including phenoxy) is 3. The van der Waals surface area contributed by atoms with Crippen LogP contribution < -0.4 is 25.0 Å². The van der Waals surface area contributed by atoms with E-state index in [9.17, 15) is 4.79 Å². The molecule has 0 bridgehead atoms. The predicted molar refractivity (Wildman–Crippen MR) is 129 cm³/mol. The Kier molecular flexibility index (Phi) is 8.16. The maximum Gasteiger partial charge on any atom is 0.347 e. The number of hydrogen-bond acceptors (Lipinski definition) is 6. The normalized spacial score (nSPS) is 10.4. The molecule has 164 valence electrons. The fourth-order valence-electron chi connectivity index (χ4n) is 2.77. The number of carbonyl (C=O) groups excluding carboxylic acids is 1. The number of esters is 1. The lowest BCUT2D eigenvalue weighted by Crippen LogP contribution is -2.23. The van der Waals surface area contributed by atoms with E-state index in [1.807, 2.05) is 37.3 Å². The molecule has 0 spiro atoms. The Hall–Kier alpha value is -3.91. The number of nitrogens with zero attached hydrogens (tertiary/aromatic N) is 1. The van der Waals surface area contributed by atoms with Crippen molar-refractivity contribution in [1.82, 2.24) is 5.43 Å². The minimum Gasteiger partial charge on any atom is -0.496 e. The summed E-state index contributed by atoms with van der Waals surface area (Å²) in [6, 6.07) is 21.5. The first-order valence-corrected chi connectivity index (χ1v) is 10.3. The minimum atomic E-state index is -0.538. The van der Waals surface area contributed by atoms with Gasteiger partial charge in [0.1, 0.15) is 11.3 Å². The van der Waals surface area contributed by atoms with Gasteiger partial charge in [-0.2, -0.15) is 5.10 Å². The SMILES string of the molecule is CCOc1cc(/C=N/NC(=S)Nc2ccccc2)ccc1OC(=O)c1ccccc1OC. The number of anilines is 1. The molecule has 0 atom stereocenters. The van der Waals surface area contributed by atoms with Gasteiger partial charge in [0, 0.05) is 5.69 Å². The van der Waals surface area contributed by atoms with E-state index in [1.165, 1.54) is 7.11 Å². The molecule has 8 heteroatoms. The maximum absolute atomic E-state index is 12.6. The van der Waals surface area contributed by atoms with Crippen LogP contribution in [0.2, 0.25) is 0 Å². The highest BCUT2D eigenvalue weighted by atomic mass is 32.1. The average Bonchev–Trinajstić information content (AvgIpc) is 2.81. The number of hydrazone groups is 1. The third-order valence-electron chi connectivity index (χ3n) is 4.21. The molecule has 0 saturated heterocycles. The molecule has 0 radical (unpaired) electrons. The van der Waals surface area contributed by atoms with Gasteiger partial charge in [-0.15, -0.1) is 0 Å². The second-order valence-electron chi connectivity index (χ2n) is 6.42. The highest BCUT2D eigenvalue weighted by Crippen LogP contribution is 2.30. The first-order chi connectivity index (χ1) is 15.6. The quantitative estimate of drug-likeness (QED) is 0.171. The summed E-state index contributed by atoms with van der Waals surface area (Å²) >= 11 is 5.23. The van der Waals surface area contributed by atoms with Gasteiger partial charge in [0.05, 0.1) is 19.9 Å². The van der Waals surface area contributed by atoms with Crippen molar-refractivity contribution in [3.8, 4) is 17.2 Å². The standard InChI is InChI=1S/C24H23N3O4S/c1-3-30-22-15-17(16-25-27-24(32)26-18-9-5-4-6-10-18)13-14-21(22)31-23(28)19-11-7-8-12-20(19)29-2/h4-16H,3H2,1-2H3,(H2,26,27,32)/b25-16+. The molecule has 0 heterocycles. The summed E-state index contributed by atoms with van der Waals surface area (Å²) < 4.78 is 16.4. The van der Waals surface area contributed by atoms with Crippen molar-refractivity contribution in [1.29, 1.82) is 0 Å². The molecular weight excluding hydrogens is 426 g/mol. The molecule has 0 amide bonds. The van der Waals surface area contributed by atoms with Gasteiger partial charge in [-0.25, -0.2) is 4.79 Å². The average molecular weight is 450 g/mol. The molecular formula is C24H23N3O4S. The lowest BCUT2D eigenvalue weighted by molar-refractivity contribution is 0.0725. The van der Waals surface area contributed by atoms with E-state index in [0.717, 1.165) is 11.3 Å². The van der Waals surface area contributed by atoms with Crippen LogP contribution in [0, 0.1) is 0 Å². The Morgan fingerprint density at radius 1 is 1.00 bits per heavy atom. The van der Waals surface area contributed by atoms with Crippen molar-refractivity contribution >= 4 is 35.2 Å². The van der Waals surface area contributed by atoms with E-state index in [1.54, 1.807) is 48.7 Å². The molecule has 32 heavy (non-hydrogen) atoms. The summed E-state index contributed by atoms with van der Waals surface area (Å²) in [6.07, 6.45) is 1.59. The molecule has 3 aromatic carbocycles. The molecule has 0 fully saturated rings. The van der Waals surface area contributed by atoms with Gasteiger partial charge in [0.15, 0.2) is 16.6 Å². The van der Waals surface area contributed by atoms with Crippen LogP contribution in [0.15, 0.2) is 77.9 Å². The van der Waals surface area contributed by atoms with E-state index in [2.05, 4.69) is 15.8 Å². The van der Waals surface area contributed by atoms with Gasteiger partial charge in [-0.05, 0) is 67.2 Å². The van der Waals surface area contributed by atoms with Crippen molar-refractivity contribution in [2.45, 2.75) is 6.92 Å². The van der Waals surface area contributed by atoms with Gasteiger partial charge in [0.25, 0.3) is 0 Å². The van der Waals surface area contributed by atoms with Gasteiger partial charge in [0.2, 0.25) is 0 Å². The van der Waals surface area contributed by atoms with Crippen molar-refractivity contribution < 1.29 is 19.0 Å². The monoisotopic (exact) mass is 449 g/mol. The largest absolute Gasteiger partial charge is 0.496 e. The van der Waals surface area contributed by atoms with E-state index >= 15 is 0 Å². The second-order valence-corrected chi connectivity index (χ2v) is 6.83. The third-order valence-corrected chi connectivity index (χ3v) is 4.40. The number of rotatable bonds is 8. The number of hydrogen-bond donors (Lipinski definition) is 2. The number of carbonyl (C=O) groups is 1. The van der Waals surface area contributed by atoms with Crippen molar-refractivity contribution in [2.24, 2.45) is 5.10 Å². The van der Waals surface area contributed by atoms with Crippen LogP contribution in [0.4, 0.5) is 5.69 Å². The predicted octanol–water partition coefficient (Wildman–Crippen LogP) is 4.63. The van der Waals surface area contributed by atoms with E-state index in [0.29, 0.717) is 34.5 Å². The Balaban J connectivity index is 1.68. The second kappa shape index (κ2) is 11.5. The van der Waals surface area contributed by atoms with Gasteiger partial charge >= 0.3 is 5.97 Å². The van der Waals surface area contributed by atoms with Gasteiger partial charge in [-0.3, -0.25) is 5.43 Å². The summed E-state index contributed by atoms with van der Waals surface area (Å²) in [5, 5.41) is 7.53. The van der Waals surface area contributed by atoms with Crippen LogP contribution in [-0.4, -0.2) is 31.0 Å². The van der Waals surface area contributed by atoms with Crippen LogP contribution in [0.1, 0.15) is 22.8 Å². The Morgan fingerprint density at radius 2 is 1.75 bits per heavy atom.